The zero-order valence-corrected chi connectivity index (χ0v) is 20.7. The second-order valence-corrected chi connectivity index (χ2v) is 10.3. The smallest absolute Gasteiger partial charge is 0.339 e. The SMILES string of the molecule is CC(C)N(C(=O)c1ccc(-c2cccc(S(=O)(=O)Nc3ccc(C(=O)O)c(O)c3)c2)cc1)C(C)C. The lowest BCUT2D eigenvalue weighted by molar-refractivity contribution is 0.0641. The number of aromatic hydroxyl groups is 1. The van der Waals surface area contributed by atoms with E-state index in [2.05, 4.69) is 4.72 Å². The minimum atomic E-state index is -4.01. The summed E-state index contributed by atoms with van der Waals surface area (Å²) in [6.07, 6.45) is 0. The van der Waals surface area contributed by atoms with E-state index < -0.39 is 21.7 Å². The van der Waals surface area contributed by atoms with Gasteiger partial charge in [-0.1, -0.05) is 24.3 Å². The van der Waals surface area contributed by atoms with Crippen LogP contribution in [0.5, 0.6) is 5.75 Å². The fourth-order valence-electron chi connectivity index (χ4n) is 3.85. The van der Waals surface area contributed by atoms with E-state index in [0.717, 1.165) is 17.7 Å². The van der Waals surface area contributed by atoms with E-state index in [0.29, 0.717) is 11.1 Å². The lowest BCUT2D eigenvalue weighted by Gasteiger charge is -2.30. The maximum absolute atomic E-state index is 12.9. The summed E-state index contributed by atoms with van der Waals surface area (Å²) >= 11 is 0. The van der Waals surface area contributed by atoms with E-state index in [4.69, 9.17) is 5.11 Å². The number of rotatable bonds is 8. The van der Waals surface area contributed by atoms with Gasteiger partial charge in [0.2, 0.25) is 0 Å². The maximum Gasteiger partial charge on any atom is 0.339 e. The highest BCUT2D eigenvalue weighted by Gasteiger charge is 2.22. The van der Waals surface area contributed by atoms with Crippen LogP contribution in [-0.4, -0.2) is 47.5 Å². The molecule has 9 heteroatoms. The van der Waals surface area contributed by atoms with Gasteiger partial charge < -0.3 is 15.1 Å². The predicted molar refractivity (Wildman–Crippen MR) is 134 cm³/mol. The summed E-state index contributed by atoms with van der Waals surface area (Å²) in [5.74, 6) is -1.94. The molecule has 0 unspecified atom stereocenters. The molecule has 3 aromatic rings. The van der Waals surface area contributed by atoms with Crippen LogP contribution < -0.4 is 4.72 Å². The van der Waals surface area contributed by atoms with Crippen molar-refractivity contribution in [2.45, 2.75) is 44.7 Å². The van der Waals surface area contributed by atoms with Crippen LogP contribution in [0.25, 0.3) is 11.1 Å². The van der Waals surface area contributed by atoms with Crippen molar-refractivity contribution in [3.05, 3.63) is 77.9 Å². The van der Waals surface area contributed by atoms with Crippen molar-refractivity contribution >= 4 is 27.6 Å². The molecule has 0 aliphatic heterocycles. The van der Waals surface area contributed by atoms with E-state index in [1.165, 1.54) is 18.2 Å². The average Bonchev–Trinajstić information content (AvgIpc) is 2.78. The van der Waals surface area contributed by atoms with E-state index in [1.54, 1.807) is 41.3 Å². The molecule has 3 N–H and O–H groups in total. The van der Waals surface area contributed by atoms with Gasteiger partial charge in [-0.2, -0.15) is 0 Å². The van der Waals surface area contributed by atoms with Gasteiger partial charge in [-0.05, 0) is 75.2 Å². The van der Waals surface area contributed by atoms with Crippen LogP contribution in [0.1, 0.15) is 48.4 Å². The molecule has 0 radical (unpaired) electrons. The monoisotopic (exact) mass is 496 g/mol. The third-order valence-electron chi connectivity index (χ3n) is 5.44. The number of carboxylic acid groups (broad SMARTS) is 1. The Morgan fingerprint density at radius 2 is 1.49 bits per heavy atom. The highest BCUT2D eigenvalue weighted by molar-refractivity contribution is 7.92. The molecule has 0 aliphatic carbocycles. The molecule has 3 rings (SSSR count). The summed E-state index contributed by atoms with van der Waals surface area (Å²) < 4.78 is 28.2. The number of phenols is 1. The van der Waals surface area contributed by atoms with E-state index in [9.17, 15) is 23.1 Å². The molecule has 35 heavy (non-hydrogen) atoms. The second kappa shape index (κ2) is 10.2. The van der Waals surface area contributed by atoms with Gasteiger partial charge in [0.15, 0.2) is 0 Å². The Kier molecular flexibility index (Phi) is 7.50. The molecule has 0 saturated carbocycles. The van der Waals surface area contributed by atoms with Crippen LogP contribution in [-0.2, 0) is 10.0 Å². The van der Waals surface area contributed by atoms with Crippen LogP contribution in [0.4, 0.5) is 5.69 Å². The molecule has 3 aromatic carbocycles. The van der Waals surface area contributed by atoms with Crippen molar-refractivity contribution in [2.75, 3.05) is 4.72 Å². The van der Waals surface area contributed by atoms with Crippen molar-refractivity contribution in [1.29, 1.82) is 0 Å². The minimum absolute atomic E-state index is 0.0113. The van der Waals surface area contributed by atoms with Gasteiger partial charge in [0.05, 0.1) is 10.6 Å². The molecule has 8 nitrogen and oxygen atoms in total. The van der Waals surface area contributed by atoms with Gasteiger partial charge in [-0.15, -0.1) is 0 Å². The van der Waals surface area contributed by atoms with Crippen molar-refractivity contribution in [1.82, 2.24) is 4.90 Å². The number of carboxylic acids is 1. The Labute approximate surface area is 204 Å². The number of hydrogen-bond donors (Lipinski definition) is 3. The third-order valence-corrected chi connectivity index (χ3v) is 6.82. The predicted octanol–water partition coefficient (Wildman–Crippen LogP) is 4.82. The number of nitrogens with zero attached hydrogens (tertiary/aromatic N) is 1. The number of amides is 1. The van der Waals surface area contributed by atoms with Crippen LogP contribution in [0.2, 0.25) is 0 Å². The van der Waals surface area contributed by atoms with Gasteiger partial charge in [-0.3, -0.25) is 9.52 Å². The fraction of sp³-hybridized carbons (Fsp3) is 0.231. The summed E-state index contributed by atoms with van der Waals surface area (Å²) in [4.78, 5) is 25.7. The molecule has 0 fully saturated rings. The molecule has 0 aromatic heterocycles. The Morgan fingerprint density at radius 3 is 2.03 bits per heavy atom. The van der Waals surface area contributed by atoms with Crippen LogP contribution in [0, 0.1) is 0 Å². The average molecular weight is 497 g/mol. The van der Waals surface area contributed by atoms with Gasteiger partial charge in [0.25, 0.3) is 15.9 Å². The molecule has 0 saturated heterocycles. The molecule has 0 bridgehead atoms. The Balaban J connectivity index is 1.85. The second-order valence-electron chi connectivity index (χ2n) is 8.65. The number of carbonyl (C=O) groups excluding carboxylic acids is 1. The van der Waals surface area contributed by atoms with Gasteiger partial charge in [0, 0.05) is 23.7 Å². The van der Waals surface area contributed by atoms with Gasteiger partial charge in [-0.25, -0.2) is 13.2 Å². The number of nitrogens with one attached hydrogen (secondary N) is 1. The van der Waals surface area contributed by atoms with Crippen LogP contribution in [0.15, 0.2) is 71.6 Å². The van der Waals surface area contributed by atoms with Crippen molar-refractivity contribution in [3.8, 4) is 16.9 Å². The number of aromatic carboxylic acids is 1. The Bertz CT molecular complexity index is 1340. The molecule has 0 atom stereocenters. The number of benzene rings is 3. The van der Waals surface area contributed by atoms with E-state index in [1.807, 2.05) is 27.7 Å². The van der Waals surface area contributed by atoms with Crippen molar-refractivity contribution in [2.24, 2.45) is 0 Å². The largest absolute Gasteiger partial charge is 0.507 e. The van der Waals surface area contributed by atoms with Crippen LogP contribution in [0.3, 0.4) is 0 Å². The molecular formula is C26H28N2O6S. The van der Waals surface area contributed by atoms with Crippen LogP contribution >= 0.6 is 0 Å². The molecule has 0 spiro atoms. The quantitative estimate of drug-likeness (QED) is 0.411. The van der Waals surface area contributed by atoms with E-state index in [-0.39, 0.29) is 34.1 Å². The molecule has 0 heterocycles. The Morgan fingerprint density at radius 1 is 0.857 bits per heavy atom. The molecule has 1 amide bonds. The summed E-state index contributed by atoms with van der Waals surface area (Å²) in [5, 5.41) is 18.8. The lowest BCUT2D eigenvalue weighted by Crippen LogP contribution is -2.42. The maximum atomic E-state index is 12.9. The Hall–Kier alpha value is -3.85. The van der Waals surface area contributed by atoms with Crippen molar-refractivity contribution < 1.29 is 28.2 Å². The first-order chi connectivity index (χ1) is 16.4. The van der Waals surface area contributed by atoms with Gasteiger partial charge >= 0.3 is 5.97 Å². The number of carbonyl (C=O) groups is 2. The summed E-state index contributed by atoms with van der Waals surface area (Å²) in [6.45, 7) is 7.87. The highest BCUT2D eigenvalue weighted by atomic mass is 32.2. The number of anilines is 1. The summed E-state index contributed by atoms with van der Waals surface area (Å²) in [6, 6.07) is 16.8. The number of hydrogen-bond acceptors (Lipinski definition) is 5. The minimum Gasteiger partial charge on any atom is -0.507 e. The zero-order chi connectivity index (χ0) is 25.9. The first kappa shape index (κ1) is 25.8. The standard InChI is InChI=1S/C26H28N2O6S/c1-16(2)28(17(3)4)25(30)19-10-8-18(9-11-19)20-6-5-7-22(14-20)35(33,34)27-21-12-13-23(26(31)32)24(29)15-21/h5-17,27,29H,1-4H3,(H,31,32). The summed E-state index contributed by atoms with van der Waals surface area (Å²) in [7, 11) is -4.01. The first-order valence-corrected chi connectivity index (χ1v) is 12.5. The summed E-state index contributed by atoms with van der Waals surface area (Å²) in [5.41, 5.74) is 1.62. The highest BCUT2D eigenvalue weighted by Crippen LogP contribution is 2.27. The van der Waals surface area contributed by atoms with Crippen molar-refractivity contribution in [3.63, 3.8) is 0 Å². The molecule has 0 aliphatic rings. The zero-order valence-electron chi connectivity index (χ0n) is 19.9. The number of sulfonamides is 1. The first-order valence-electron chi connectivity index (χ1n) is 11.0. The third kappa shape index (κ3) is 5.81. The fourth-order valence-corrected chi connectivity index (χ4v) is 4.95. The topological polar surface area (TPSA) is 124 Å². The molecular weight excluding hydrogens is 468 g/mol. The lowest BCUT2D eigenvalue weighted by atomic mass is 10.0. The van der Waals surface area contributed by atoms with Gasteiger partial charge in [0.1, 0.15) is 11.3 Å². The normalized spacial score (nSPS) is 11.5. The van der Waals surface area contributed by atoms with E-state index >= 15 is 0 Å². The molecule has 184 valence electrons.